The van der Waals surface area contributed by atoms with Gasteiger partial charge >= 0.3 is 0 Å². The highest BCUT2D eigenvalue weighted by molar-refractivity contribution is 5.43. The number of nitrogens with one attached hydrogen (secondary N) is 1. The van der Waals surface area contributed by atoms with Gasteiger partial charge in [0.25, 0.3) is 0 Å². The van der Waals surface area contributed by atoms with E-state index in [1.165, 1.54) is 0 Å². The Balaban J connectivity index is 1.84. The third-order valence-corrected chi connectivity index (χ3v) is 3.56. The number of halogens is 1. The lowest BCUT2D eigenvalue weighted by molar-refractivity contribution is 0.530. The van der Waals surface area contributed by atoms with Crippen molar-refractivity contribution in [3.63, 3.8) is 0 Å². The van der Waals surface area contributed by atoms with Gasteiger partial charge in [-0.2, -0.15) is 0 Å². The first-order valence-corrected chi connectivity index (χ1v) is 6.88. The maximum atomic E-state index is 14.5. The Morgan fingerprint density at radius 2 is 2.20 bits per heavy atom. The molecule has 0 atom stereocenters. The van der Waals surface area contributed by atoms with Crippen LogP contribution in [0, 0.1) is 5.82 Å². The van der Waals surface area contributed by atoms with Gasteiger partial charge in [0.15, 0.2) is 11.6 Å². The molecule has 0 aliphatic carbocycles. The van der Waals surface area contributed by atoms with Gasteiger partial charge in [-0.3, -0.25) is 0 Å². The van der Waals surface area contributed by atoms with Gasteiger partial charge in [-0.05, 0) is 12.6 Å². The third-order valence-electron chi connectivity index (χ3n) is 3.56. The van der Waals surface area contributed by atoms with Gasteiger partial charge in [0.05, 0.1) is 6.54 Å². The molecule has 0 bridgehead atoms. The average Bonchev–Trinajstić information content (AvgIpc) is 2.93. The molecule has 0 aromatic carbocycles. The minimum atomic E-state index is -0.228. The van der Waals surface area contributed by atoms with E-state index in [9.17, 15) is 4.39 Å². The van der Waals surface area contributed by atoms with Crippen molar-refractivity contribution in [2.45, 2.75) is 26.6 Å². The van der Waals surface area contributed by atoms with E-state index in [2.05, 4.69) is 19.9 Å². The SMILES string of the molecule is CCNCc1ccnc(N2CCn3ccnc3C2)c1F. The monoisotopic (exact) mass is 275 g/mol. The minimum Gasteiger partial charge on any atom is -0.345 e. The molecule has 106 valence electrons. The molecule has 1 aliphatic rings. The number of anilines is 1. The highest BCUT2D eigenvalue weighted by Gasteiger charge is 2.21. The zero-order valence-corrected chi connectivity index (χ0v) is 11.5. The summed E-state index contributed by atoms with van der Waals surface area (Å²) in [6.07, 6.45) is 5.41. The number of fused-ring (bicyclic) bond motifs is 1. The van der Waals surface area contributed by atoms with Crippen molar-refractivity contribution in [2.24, 2.45) is 0 Å². The number of aromatic nitrogens is 3. The lowest BCUT2D eigenvalue weighted by Gasteiger charge is -2.29. The maximum Gasteiger partial charge on any atom is 0.170 e. The molecule has 6 heteroatoms. The lowest BCUT2D eigenvalue weighted by atomic mass is 10.2. The van der Waals surface area contributed by atoms with E-state index >= 15 is 0 Å². The fourth-order valence-electron chi connectivity index (χ4n) is 2.44. The van der Waals surface area contributed by atoms with E-state index in [1.54, 1.807) is 18.5 Å². The Labute approximate surface area is 117 Å². The van der Waals surface area contributed by atoms with Crippen molar-refractivity contribution in [3.8, 4) is 0 Å². The summed E-state index contributed by atoms with van der Waals surface area (Å²) in [5, 5.41) is 3.14. The van der Waals surface area contributed by atoms with Crippen molar-refractivity contribution in [2.75, 3.05) is 18.0 Å². The first-order valence-electron chi connectivity index (χ1n) is 6.88. The van der Waals surface area contributed by atoms with Crippen LogP contribution in [0.1, 0.15) is 18.3 Å². The molecule has 0 saturated carbocycles. The Bertz CT molecular complexity index is 595. The van der Waals surface area contributed by atoms with Gasteiger partial charge in [0, 0.05) is 43.8 Å². The van der Waals surface area contributed by atoms with E-state index < -0.39 is 0 Å². The molecule has 3 heterocycles. The van der Waals surface area contributed by atoms with Crippen LogP contribution in [0.25, 0.3) is 0 Å². The Morgan fingerprint density at radius 1 is 1.30 bits per heavy atom. The lowest BCUT2D eigenvalue weighted by Crippen LogP contribution is -2.35. The Morgan fingerprint density at radius 3 is 3.05 bits per heavy atom. The predicted molar refractivity (Wildman–Crippen MR) is 74.9 cm³/mol. The van der Waals surface area contributed by atoms with E-state index in [0.29, 0.717) is 24.5 Å². The molecule has 1 N–H and O–H groups in total. The molecule has 0 unspecified atom stereocenters. The summed E-state index contributed by atoms with van der Waals surface area (Å²) in [6.45, 7) is 5.51. The standard InChI is InChI=1S/C14H18FN5/c1-2-16-9-11-3-4-18-14(13(11)15)20-8-7-19-6-5-17-12(19)10-20/h3-6,16H,2,7-10H2,1H3. The van der Waals surface area contributed by atoms with Crippen LogP contribution in [0.5, 0.6) is 0 Å². The van der Waals surface area contributed by atoms with Crippen molar-refractivity contribution in [1.82, 2.24) is 19.9 Å². The second kappa shape index (κ2) is 5.58. The van der Waals surface area contributed by atoms with Crippen LogP contribution in [0.3, 0.4) is 0 Å². The molecule has 1 aliphatic heterocycles. The average molecular weight is 275 g/mol. The van der Waals surface area contributed by atoms with Gasteiger partial charge in [0.1, 0.15) is 5.82 Å². The van der Waals surface area contributed by atoms with E-state index in [0.717, 1.165) is 25.5 Å². The highest BCUT2D eigenvalue weighted by Crippen LogP contribution is 2.23. The molecule has 0 radical (unpaired) electrons. The van der Waals surface area contributed by atoms with Gasteiger partial charge in [-0.1, -0.05) is 6.92 Å². The molecule has 2 aromatic rings. The van der Waals surface area contributed by atoms with Crippen molar-refractivity contribution < 1.29 is 4.39 Å². The summed E-state index contributed by atoms with van der Waals surface area (Å²) < 4.78 is 16.6. The predicted octanol–water partition coefficient (Wildman–Crippen LogP) is 1.55. The first-order chi connectivity index (χ1) is 9.79. The Hall–Kier alpha value is -1.95. The number of rotatable bonds is 4. The maximum absolute atomic E-state index is 14.5. The first kappa shape index (κ1) is 13.1. The summed E-state index contributed by atoms with van der Waals surface area (Å²) in [4.78, 5) is 10.5. The smallest absolute Gasteiger partial charge is 0.170 e. The zero-order chi connectivity index (χ0) is 13.9. The zero-order valence-electron chi connectivity index (χ0n) is 11.5. The van der Waals surface area contributed by atoms with Crippen LogP contribution in [0.4, 0.5) is 10.2 Å². The fourth-order valence-corrected chi connectivity index (χ4v) is 2.44. The van der Waals surface area contributed by atoms with Crippen LogP contribution < -0.4 is 10.2 Å². The molecule has 2 aromatic heterocycles. The van der Waals surface area contributed by atoms with Gasteiger partial charge in [-0.15, -0.1) is 0 Å². The second-order valence-corrected chi connectivity index (χ2v) is 4.85. The van der Waals surface area contributed by atoms with Gasteiger partial charge in [0.2, 0.25) is 0 Å². The normalized spacial score (nSPS) is 14.4. The molecule has 5 nitrogen and oxygen atoms in total. The van der Waals surface area contributed by atoms with E-state index in [4.69, 9.17) is 0 Å². The molecular formula is C14H18FN5. The number of hydrogen-bond donors (Lipinski definition) is 1. The summed E-state index contributed by atoms with van der Waals surface area (Å²) in [7, 11) is 0. The minimum absolute atomic E-state index is 0.228. The van der Waals surface area contributed by atoms with Crippen molar-refractivity contribution in [1.29, 1.82) is 0 Å². The van der Waals surface area contributed by atoms with Gasteiger partial charge in [-0.25, -0.2) is 14.4 Å². The molecular weight excluding hydrogens is 257 g/mol. The Kier molecular flexibility index (Phi) is 3.64. The highest BCUT2D eigenvalue weighted by atomic mass is 19.1. The summed E-state index contributed by atoms with van der Waals surface area (Å²) in [5.41, 5.74) is 0.658. The summed E-state index contributed by atoms with van der Waals surface area (Å²) in [6, 6.07) is 1.73. The van der Waals surface area contributed by atoms with Crippen LogP contribution in [-0.2, 0) is 19.6 Å². The summed E-state index contributed by atoms with van der Waals surface area (Å²) >= 11 is 0. The van der Waals surface area contributed by atoms with E-state index in [-0.39, 0.29) is 5.82 Å². The van der Waals surface area contributed by atoms with Crippen LogP contribution in [0.15, 0.2) is 24.7 Å². The second-order valence-electron chi connectivity index (χ2n) is 4.85. The molecule has 0 spiro atoms. The molecule has 0 amide bonds. The number of nitrogens with zero attached hydrogens (tertiary/aromatic N) is 4. The number of hydrogen-bond acceptors (Lipinski definition) is 4. The van der Waals surface area contributed by atoms with Crippen LogP contribution in [0.2, 0.25) is 0 Å². The van der Waals surface area contributed by atoms with Crippen molar-refractivity contribution >= 4 is 5.82 Å². The van der Waals surface area contributed by atoms with Crippen LogP contribution in [-0.4, -0.2) is 27.6 Å². The third kappa shape index (κ3) is 2.38. The number of imidazole rings is 1. The quantitative estimate of drug-likeness (QED) is 0.919. The van der Waals surface area contributed by atoms with Gasteiger partial charge < -0.3 is 14.8 Å². The van der Waals surface area contributed by atoms with Crippen molar-refractivity contribution in [3.05, 3.63) is 41.9 Å². The number of pyridine rings is 1. The summed E-state index contributed by atoms with van der Waals surface area (Å²) in [5.74, 6) is 1.15. The molecule has 20 heavy (non-hydrogen) atoms. The fraction of sp³-hybridized carbons (Fsp3) is 0.429. The topological polar surface area (TPSA) is 46.0 Å². The molecule has 0 saturated heterocycles. The van der Waals surface area contributed by atoms with Crippen LogP contribution >= 0.6 is 0 Å². The largest absolute Gasteiger partial charge is 0.345 e. The molecule has 0 fully saturated rings. The molecule has 3 rings (SSSR count). The van der Waals surface area contributed by atoms with E-state index in [1.807, 2.05) is 18.0 Å².